The normalized spacial score (nSPS) is 17.5. The standard InChI is InChI=1S/C19H21N7O4S/c27-18(13-1-2-13)24-19-22-15(16-17(23-19)21-11-20-16)12-3-5-14(6-4-12)25-31(28,29)26-7-9-30-10-8-26/h3-6,11,13,25H,1-2,7-10H2,(H2,20,21,22,23,24,27). The Morgan fingerprint density at radius 3 is 2.58 bits per heavy atom. The van der Waals surface area contributed by atoms with E-state index in [1.165, 1.54) is 10.6 Å². The van der Waals surface area contributed by atoms with Crippen LogP contribution in [0.25, 0.3) is 22.4 Å². The number of H-pyrrole nitrogens is 1. The van der Waals surface area contributed by atoms with E-state index in [9.17, 15) is 13.2 Å². The minimum absolute atomic E-state index is 0.0308. The number of imidazole rings is 1. The zero-order valence-corrected chi connectivity index (χ0v) is 17.4. The van der Waals surface area contributed by atoms with E-state index >= 15 is 0 Å². The summed E-state index contributed by atoms with van der Waals surface area (Å²) in [7, 11) is -3.65. The van der Waals surface area contributed by atoms with Crippen LogP contribution in [0.15, 0.2) is 30.6 Å². The molecule has 5 rings (SSSR count). The van der Waals surface area contributed by atoms with Crippen molar-refractivity contribution < 1.29 is 17.9 Å². The van der Waals surface area contributed by atoms with E-state index in [1.54, 1.807) is 24.3 Å². The lowest BCUT2D eigenvalue weighted by molar-refractivity contribution is -0.117. The summed E-state index contributed by atoms with van der Waals surface area (Å²) in [5.41, 5.74) is 2.76. The molecule has 3 aromatic rings. The maximum absolute atomic E-state index is 12.5. The zero-order chi connectivity index (χ0) is 21.4. The van der Waals surface area contributed by atoms with Crippen LogP contribution in [-0.4, -0.2) is 64.9 Å². The molecule has 1 saturated heterocycles. The Morgan fingerprint density at radius 2 is 1.87 bits per heavy atom. The van der Waals surface area contributed by atoms with E-state index in [1.807, 2.05) is 0 Å². The van der Waals surface area contributed by atoms with Gasteiger partial charge in [-0.2, -0.15) is 17.7 Å². The first kappa shape index (κ1) is 19.8. The highest BCUT2D eigenvalue weighted by molar-refractivity contribution is 7.90. The first-order valence-electron chi connectivity index (χ1n) is 9.98. The molecule has 2 aromatic heterocycles. The number of ether oxygens (including phenoxy) is 1. The van der Waals surface area contributed by atoms with Gasteiger partial charge in [0.15, 0.2) is 5.65 Å². The van der Waals surface area contributed by atoms with Crippen LogP contribution in [0.2, 0.25) is 0 Å². The molecule has 0 radical (unpaired) electrons. The monoisotopic (exact) mass is 443 g/mol. The van der Waals surface area contributed by atoms with Crippen LogP contribution in [0.1, 0.15) is 12.8 Å². The molecule has 1 aliphatic carbocycles. The van der Waals surface area contributed by atoms with Gasteiger partial charge in [-0.1, -0.05) is 12.1 Å². The second kappa shape index (κ2) is 7.87. The lowest BCUT2D eigenvalue weighted by Crippen LogP contribution is -2.43. The topological polar surface area (TPSA) is 142 Å². The number of hydrogen-bond donors (Lipinski definition) is 3. The van der Waals surface area contributed by atoms with Crippen LogP contribution in [0.3, 0.4) is 0 Å². The number of carbonyl (C=O) groups is 1. The number of amides is 1. The summed E-state index contributed by atoms with van der Waals surface area (Å²) in [6.07, 6.45) is 3.28. The van der Waals surface area contributed by atoms with Crippen LogP contribution in [-0.2, 0) is 19.7 Å². The molecule has 162 valence electrons. The van der Waals surface area contributed by atoms with Gasteiger partial charge in [0.05, 0.1) is 19.5 Å². The number of fused-ring (bicyclic) bond motifs is 1. The van der Waals surface area contributed by atoms with Gasteiger partial charge in [-0.3, -0.25) is 14.8 Å². The highest BCUT2D eigenvalue weighted by Gasteiger charge is 2.30. The van der Waals surface area contributed by atoms with Crippen LogP contribution in [0.5, 0.6) is 0 Å². The predicted molar refractivity (Wildman–Crippen MR) is 113 cm³/mol. The van der Waals surface area contributed by atoms with Crippen LogP contribution in [0.4, 0.5) is 11.6 Å². The van der Waals surface area contributed by atoms with E-state index in [0.717, 1.165) is 18.4 Å². The lowest BCUT2D eigenvalue weighted by Gasteiger charge is -2.26. The summed E-state index contributed by atoms with van der Waals surface area (Å²) in [5.74, 6) is 0.154. The van der Waals surface area contributed by atoms with E-state index in [-0.39, 0.29) is 17.8 Å². The SMILES string of the molecule is O=C(Nc1nc(-c2ccc(NS(=O)(=O)N3CCOCC3)cc2)c2nc[nH]c2n1)C1CC1. The van der Waals surface area contributed by atoms with Gasteiger partial charge in [-0.15, -0.1) is 0 Å². The molecule has 0 bridgehead atoms. The molecule has 0 unspecified atom stereocenters. The number of anilines is 2. The van der Waals surface area contributed by atoms with Crippen molar-refractivity contribution in [3.8, 4) is 11.3 Å². The van der Waals surface area contributed by atoms with Crippen LogP contribution in [0, 0.1) is 5.92 Å². The lowest BCUT2D eigenvalue weighted by atomic mass is 10.1. The molecular formula is C19H21N7O4S. The number of morpholine rings is 1. The average molecular weight is 443 g/mol. The van der Waals surface area contributed by atoms with Crippen molar-refractivity contribution in [2.45, 2.75) is 12.8 Å². The van der Waals surface area contributed by atoms with Gasteiger partial charge in [0.2, 0.25) is 11.9 Å². The molecular weight excluding hydrogens is 422 g/mol. The molecule has 11 nitrogen and oxygen atoms in total. The first-order valence-corrected chi connectivity index (χ1v) is 11.4. The number of rotatable bonds is 6. The quantitative estimate of drug-likeness (QED) is 0.522. The molecule has 1 amide bonds. The largest absolute Gasteiger partial charge is 0.379 e. The molecule has 1 saturated carbocycles. The number of aromatic nitrogens is 4. The van der Waals surface area contributed by atoms with Crippen molar-refractivity contribution in [3.05, 3.63) is 30.6 Å². The van der Waals surface area contributed by atoms with Gasteiger partial charge >= 0.3 is 10.2 Å². The molecule has 3 heterocycles. The summed E-state index contributed by atoms with van der Waals surface area (Å²) in [6, 6.07) is 6.83. The number of aromatic amines is 1. The molecule has 31 heavy (non-hydrogen) atoms. The third-order valence-corrected chi connectivity index (χ3v) is 6.72. The summed E-state index contributed by atoms with van der Waals surface area (Å²) in [4.78, 5) is 28.1. The van der Waals surface area contributed by atoms with Crippen molar-refractivity contribution in [1.29, 1.82) is 0 Å². The fraction of sp³-hybridized carbons (Fsp3) is 0.368. The van der Waals surface area contributed by atoms with Gasteiger partial charge in [0.25, 0.3) is 0 Å². The first-order chi connectivity index (χ1) is 15.0. The average Bonchev–Trinajstić information content (AvgIpc) is 3.52. The molecule has 2 fully saturated rings. The van der Waals surface area contributed by atoms with Crippen LogP contribution < -0.4 is 10.0 Å². The maximum Gasteiger partial charge on any atom is 0.301 e. The number of nitrogens with zero attached hydrogens (tertiary/aromatic N) is 4. The third-order valence-electron chi connectivity index (χ3n) is 5.18. The van der Waals surface area contributed by atoms with Gasteiger partial charge < -0.3 is 9.72 Å². The number of benzene rings is 1. The van der Waals surface area contributed by atoms with E-state index in [0.29, 0.717) is 48.8 Å². The van der Waals surface area contributed by atoms with E-state index < -0.39 is 10.2 Å². The van der Waals surface area contributed by atoms with Crippen molar-refractivity contribution in [1.82, 2.24) is 24.2 Å². The third kappa shape index (κ3) is 4.22. The van der Waals surface area contributed by atoms with Crippen molar-refractivity contribution in [3.63, 3.8) is 0 Å². The van der Waals surface area contributed by atoms with Crippen molar-refractivity contribution in [2.75, 3.05) is 36.3 Å². The van der Waals surface area contributed by atoms with E-state index in [4.69, 9.17) is 4.74 Å². The molecule has 1 aliphatic heterocycles. The Hall–Kier alpha value is -3.09. The molecule has 0 atom stereocenters. The second-order valence-corrected chi connectivity index (χ2v) is 9.13. The Morgan fingerprint density at radius 1 is 1.13 bits per heavy atom. The summed E-state index contributed by atoms with van der Waals surface area (Å²) < 4.78 is 34.2. The molecule has 3 N–H and O–H groups in total. The van der Waals surface area contributed by atoms with Gasteiger partial charge in [0.1, 0.15) is 11.2 Å². The fourth-order valence-electron chi connectivity index (χ4n) is 3.35. The van der Waals surface area contributed by atoms with Crippen LogP contribution >= 0.6 is 0 Å². The summed E-state index contributed by atoms with van der Waals surface area (Å²) >= 11 is 0. The Bertz CT molecular complexity index is 1220. The molecule has 12 heteroatoms. The second-order valence-electron chi connectivity index (χ2n) is 7.45. The van der Waals surface area contributed by atoms with Gasteiger partial charge in [-0.25, -0.2) is 9.97 Å². The maximum atomic E-state index is 12.5. The molecule has 2 aliphatic rings. The minimum atomic E-state index is -3.65. The minimum Gasteiger partial charge on any atom is -0.379 e. The highest BCUT2D eigenvalue weighted by atomic mass is 32.2. The molecule has 1 aromatic carbocycles. The van der Waals surface area contributed by atoms with E-state index in [2.05, 4.69) is 30.0 Å². The number of carbonyl (C=O) groups excluding carboxylic acids is 1. The summed E-state index contributed by atoms with van der Waals surface area (Å²) in [5, 5.41) is 2.76. The summed E-state index contributed by atoms with van der Waals surface area (Å²) in [6.45, 7) is 1.40. The zero-order valence-electron chi connectivity index (χ0n) is 16.5. The fourth-order valence-corrected chi connectivity index (χ4v) is 4.54. The van der Waals surface area contributed by atoms with Crippen molar-refractivity contribution >= 4 is 38.9 Å². The Kier molecular flexibility index (Phi) is 5.04. The van der Waals surface area contributed by atoms with Crippen molar-refractivity contribution in [2.24, 2.45) is 5.92 Å². The Labute approximate surface area is 178 Å². The van der Waals surface area contributed by atoms with Gasteiger partial charge in [-0.05, 0) is 25.0 Å². The number of hydrogen-bond acceptors (Lipinski definition) is 7. The number of nitrogens with one attached hydrogen (secondary N) is 3. The molecule has 0 spiro atoms. The smallest absolute Gasteiger partial charge is 0.301 e. The highest BCUT2D eigenvalue weighted by Crippen LogP contribution is 2.31. The predicted octanol–water partition coefficient (Wildman–Crippen LogP) is 1.36. The Balaban J connectivity index is 1.40. The van der Waals surface area contributed by atoms with Gasteiger partial charge in [0, 0.05) is 30.3 Å².